The van der Waals surface area contributed by atoms with Crippen LogP contribution in [0.4, 0.5) is 5.82 Å². The molecular formula is C26H30N4O2S. The zero-order valence-electron chi connectivity index (χ0n) is 18.8. The summed E-state index contributed by atoms with van der Waals surface area (Å²) < 4.78 is 0. The van der Waals surface area contributed by atoms with Crippen LogP contribution in [0.5, 0.6) is 0 Å². The van der Waals surface area contributed by atoms with Gasteiger partial charge in [0.25, 0.3) is 0 Å². The summed E-state index contributed by atoms with van der Waals surface area (Å²) in [6.45, 7) is 10.5. The summed E-state index contributed by atoms with van der Waals surface area (Å²) in [7, 11) is 0. The molecule has 0 spiro atoms. The maximum atomic E-state index is 12.8. The van der Waals surface area contributed by atoms with E-state index >= 15 is 0 Å². The van der Waals surface area contributed by atoms with Crippen molar-refractivity contribution < 1.29 is 9.59 Å². The Labute approximate surface area is 199 Å². The van der Waals surface area contributed by atoms with Gasteiger partial charge < -0.3 is 10.2 Å². The van der Waals surface area contributed by atoms with Crippen LogP contribution in [-0.4, -0.2) is 63.8 Å². The van der Waals surface area contributed by atoms with E-state index < -0.39 is 0 Å². The fourth-order valence-electron chi connectivity index (χ4n) is 4.38. The molecule has 2 amide bonds. The highest BCUT2D eigenvalue weighted by atomic mass is 32.2. The van der Waals surface area contributed by atoms with Gasteiger partial charge >= 0.3 is 0 Å². The third kappa shape index (κ3) is 5.54. The van der Waals surface area contributed by atoms with Crippen LogP contribution in [0.15, 0.2) is 66.9 Å². The summed E-state index contributed by atoms with van der Waals surface area (Å²) in [5.74, 6) is 2.47. The highest BCUT2D eigenvalue weighted by Crippen LogP contribution is 2.27. The van der Waals surface area contributed by atoms with Crippen LogP contribution in [0.3, 0.4) is 0 Å². The van der Waals surface area contributed by atoms with Crippen LogP contribution in [0, 0.1) is 0 Å². The average molecular weight is 463 g/mol. The van der Waals surface area contributed by atoms with Gasteiger partial charge in [0, 0.05) is 55.5 Å². The smallest absolute Gasteiger partial charge is 0.246 e. The van der Waals surface area contributed by atoms with Crippen molar-refractivity contribution in [3.05, 3.63) is 78.1 Å². The zero-order valence-corrected chi connectivity index (χ0v) is 19.7. The molecule has 0 aliphatic carbocycles. The van der Waals surface area contributed by atoms with E-state index in [1.807, 2.05) is 41.0 Å². The molecule has 6 nitrogen and oxygen atoms in total. The molecule has 3 aliphatic rings. The van der Waals surface area contributed by atoms with Gasteiger partial charge in [-0.3, -0.25) is 14.5 Å². The number of carbonyl (C=O) groups is 2. The molecule has 0 bridgehead atoms. The van der Waals surface area contributed by atoms with Crippen LogP contribution < -0.4 is 5.32 Å². The number of nitrogens with zero attached hydrogens (tertiary/aromatic N) is 3. The van der Waals surface area contributed by atoms with Crippen molar-refractivity contribution in [3.8, 4) is 0 Å². The molecule has 1 fully saturated rings. The van der Waals surface area contributed by atoms with E-state index in [9.17, 15) is 9.59 Å². The predicted octanol–water partition coefficient (Wildman–Crippen LogP) is 3.81. The Balaban J connectivity index is 1.45. The molecule has 0 saturated carbocycles. The van der Waals surface area contributed by atoms with Crippen molar-refractivity contribution in [3.63, 3.8) is 0 Å². The summed E-state index contributed by atoms with van der Waals surface area (Å²) in [5, 5.41) is 2.97. The highest BCUT2D eigenvalue weighted by Gasteiger charge is 2.33. The molecule has 33 heavy (non-hydrogen) atoms. The molecule has 4 rings (SSSR count). The Morgan fingerprint density at radius 1 is 1.30 bits per heavy atom. The monoisotopic (exact) mass is 462 g/mol. The van der Waals surface area contributed by atoms with Crippen LogP contribution in [-0.2, 0) is 16.1 Å². The van der Waals surface area contributed by atoms with Gasteiger partial charge in [-0.05, 0) is 41.7 Å². The fraction of sp³-hybridized carbons (Fsp3) is 0.346. The Hall–Kier alpha value is -2.90. The van der Waals surface area contributed by atoms with Gasteiger partial charge in [0.1, 0.15) is 5.82 Å². The number of hydrogen-bond donors (Lipinski definition) is 1. The topological polar surface area (TPSA) is 65.5 Å². The number of anilines is 1. The predicted molar refractivity (Wildman–Crippen MR) is 136 cm³/mol. The number of pyridine rings is 1. The maximum absolute atomic E-state index is 12.8. The summed E-state index contributed by atoms with van der Waals surface area (Å²) >= 11 is 1.81. The summed E-state index contributed by atoms with van der Waals surface area (Å²) in [6.07, 6.45) is 14.6. The van der Waals surface area contributed by atoms with E-state index in [-0.39, 0.29) is 17.9 Å². The fourth-order valence-corrected chi connectivity index (χ4v) is 5.50. The van der Waals surface area contributed by atoms with Crippen LogP contribution in [0.2, 0.25) is 0 Å². The quantitative estimate of drug-likeness (QED) is 0.533. The first-order chi connectivity index (χ1) is 16.1. The van der Waals surface area contributed by atoms with Gasteiger partial charge in [-0.15, -0.1) is 0 Å². The van der Waals surface area contributed by atoms with E-state index in [1.165, 1.54) is 5.57 Å². The SMILES string of the molecule is C=C/C=C(\C=C)C1=CCN(C(=O)/C=C/c2cnc3c(c2)CN2CCSCC2C(=O)N3)CCC1. The Bertz CT molecular complexity index is 1040. The molecule has 1 aromatic rings. The van der Waals surface area contributed by atoms with E-state index in [2.05, 4.69) is 34.4 Å². The minimum Gasteiger partial charge on any atom is -0.335 e. The maximum Gasteiger partial charge on any atom is 0.246 e. The largest absolute Gasteiger partial charge is 0.335 e. The number of rotatable bonds is 5. The highest BCUT2D eigenvalue weighted by molar-refractivity contribution is 7.99. The van der Waals surface area contributed by atoms with E-state index in [1.54, 1.807) is 18.3 Å². The molecule has 4 heterocycles. The average Bonchev–Trinajstić information content (AvgIpc) is 3.16. The van der Waals surface area contributed by atoms with Crippen molar-refractivity contribution in [2.45, 2.75) is 25.4 Å². The molecule has 172 valence electrons. The normalized spacial score (nSPS) is 21.9. The molecular weight excluding hydrogens is 432 g/mol. The second kappa shape index (κ2) is 10.8. The van der Waals surface area contributed by atoms with Gasteiger partial charge in [0.2, 0.25) is 11.8 Å². The Kier molecular flexibility index (Phi) is 7.62. The first kappa shape index (κ1) is 23.3. The summed E-state index contributed by atoms with van der Waals surface area (Å²) in [5.41, 5.74) is 4.11. The van der Waals surface area contributed by atoms with E-state index in [0.29, 0.717) is 25.5 Å². The Morgan fingerprint density at radius 3 is 3.00 bits per heavy atom. The number of hydrogen-bond acceptors (Lipinski definition) is 5. The number of carbonyl (C=O) groups excluding carboxylic acids is 2. The summed E-state index contributed by atoms with van der Waals surface area (Å²) in [4.78, 5) is 33.9. The van der Waals surface area contributed by atoms with Crippen molar-refractivity contribution in [2.24, 2.45) is 0 Å². The molecule has 0 aromatic carbocycles. The standard InChI is InChI=1S/C26H30N4O2S/c1-3-6-20(4-2)21-7-5-11-29(12-10-21)24(31)9-8-19-15-22-17-30-13-14-33-18-23(30)26(32)28-25(22)27-16-19/h3-4,6,8-10,15-16,23H,1-2,5,7,11-14,17-18H2,(H,27,28,32)/b9-8+,20-6+. The van der Waals surface area contributed by atoms with Gasteiger partial charge in [-0.1, -0.05) is 37.5 Å². The number of fused-ring (bicyclic) bond motifs is 2. The second-order valence-corrected chi connectivity index (χ2v) is 9.49. The van der Waals surface area contributed by atoms with Gasteiger partial charge in [0.15, 0.2) is 0 Å². The van der Waals surface area contributed by atoms with Crippen molar-refractivity contribution in [1.29, 1.82) is 0 Å². The van der Waals surface area contributed by atoms with E-state index in [4.69, 9.17) is 0 Å². The lowest BCUT2D eigenvalue weighted by atomic mass is 10.0. The molecule has 0 radical (unpaired) electrons. The number of nitrogens with one attached hydrogen (secondary N) is 1. The Morgan fingerprint density at radius 2 is 2.18 bits per heavy atom. The second-order valence-electron chi connectivity index (χ2n) is 8.34. The minimum absolute atomic E-state index is 0.0167. The molecule has 7 heteroatoms. The number of thioether (sulfide) groups is 1. The molecule has 1 atom stereocenters. The molecule has 1 unspecified atom stereocenters. The van der Waals surface area contributed by atoms with Crippen LogP contribution in [0.1, 0.15) is 24.0 Å². The number of amides is 2. The molecule has 3 aliphatic heterocycles. The minimum atomic E-state index is -0.109. The third-order valence-electron chi connectivity index (χ3n) is 6.20. The first-order valence-corrected chi connectivity index (χ1v) is 12.5. The lowest BCUT2D eigenvalue weighted by Gasteiger charge is -2.31. The lowest BCUT2D eigenvalue weighted by Crippen LogP contribution is -2.47. The molecule has 1 saturated heterocycles. The van der Waals surface area contributed by atoms with Crippen molar-refractivity contribution in [2.75, 3.05) is 36.5 Å². The summed E-state index contributed by atoms with van der Waals surface area (Å²) in [6, 6.07) is 1.91. The van der Waals surface area contributed by atoms with Crippen molar-refractivity contribution in [1.82, 2.24) is 14.8 Å². The lowest BCUT2D eigenvalue weighted by molar-refractivity contribution is -0.125. The first-order valence-electron chi connectivity index (χ1n) is 11.3. The van der Waals surface area contributed by atoms with Gasteiger partial charge in [-0.2, -0.15) is 11.8 Å². The van der Waals surface area contributed by atoms with E-state index in [0.717, 1.165) is 47.6 Å². The van der Waals surface area contributed by atoms with Gasteiger partial charge in [0.05, 0.1) is 6.04 Å². The third-order valence-corrected chi connectivity index (χ3v) is 7.22. The number of aromatic nitrogens is 1. The number of allylic oxidation sites excluding steroid dienone is 5. The molecule has 1 aromatic heterocycles. The van der Waals surface area contributed by atoms with Gasteiger partial charge in [-0.25, -0.2) is 4.98 Å². The van der Waals surface area contributed by atoms with Crippen LogP contribution >= 0.6 is 11.8 Å². The zero-order chi connectivity index (χ0) is 23.2. The molecule has 1 N–H and O–H groups in total. The van der Waals surface area contributed by atoms with Crippen molar-refractivity contribution >= 4 is 35.5 Å². The van der Waals surface area contributed by atoms with Crippen LogP contribution in [0.25, 0.3) is 6.08 Å².